The minimum Gasteiger partial charge on any atom is -0.310 e. The van der Waals surface area contributed by atoms with E-state index in [1.165, 1.54) is 75.4 Å². The summed E-state index contributed by atoms with van der Waals surface area (Å²) in [6.07, 6.45) is 0. The molecule has 0 atom stereocenters. The molecule has 0 saturated carbocycles. The van der Waals surface area contributed by atoms with Crippen molar-refractivity contribution < 1.29 is 0 Å². The van der Waals surface area contributed by atoms with Crippen LogP contribution in [0.25, 0.3) is 81.0 Å². The Bertz CT molecular complexity index is 3230. The summed E-state index contributed by atoms with van der Waals surface area (Å²) < 4.78 is 5.01. The second kappa shape index (κ2) is 13.8. The maximum absolute atomic E-state index is 2.42. The first-order valence-electron chi connectivity index (χ1n) is 19.4. The van der Waals surface area contributed by atoms with Gasteiger partial charge in [-0.3, -0.25) is 0 Å². The van der Waals surface area contributed by atoms with E-state index in [9.17, 15) is 0 Å². The SMILES string of the molecule is c1ccc(-c2ccccc2-c2ccc(N(c3cccc(-c4cccc5c6ccccc6n(-c6ccccc6)c45)c3)c3ccc4c(c3)sc3ccccc34)cc2)cc1. The fourth-order valence-corrected chi connectivity index (χ4v) is 9.74. The number of thiophene rings is 1. The van der Waals surface area contributed by atoms with E-state index in [-0.39, 0.29) is 0 Å². The minimum atomic E-state index is 1.10. The van der Waals surface area contributed by atoms with E-state index in [2.05, 4.69) is 228 Å². The van der Waals surface area contributed by atoms with Crippen LogP contribution < -0.4 is 4.90 Å². The van der Waals surface area contributed by atoms with Gasteiger partial charge in [0.25, 0.3) is 0 Å². The topological polar surface area (TPSA) is 8.17 Å². The smallest absolute Gasteiger partial charge is 0.0619 e. The highest BCUT2D eigenvalue weighted by molar-refractivity contribution is 7.25. The number of rotatable bonds is 7. The van der Waals surface area contributed by atoms with Gasteiger partial charge >= 0.3 is 0 Å². The molecule has 0 bridgehead atoms. The van der Waals surface area contributed by atoms with Gasteiger partial charge in [0.1, 0.15) is 0 Å². The van der Waals surface area contributed by atoms with Gasteiger partial charge in [-0.1, -0.05) is 158 Å². The van der Waals surface area contributed by atoms with Gasteiger partial charge in [-0.15, -0.1) is 11.3 Å². The molecule has 57 heavy (non-hydrogen) atoms. The zero-order valence-corrected chi connectivity index (χ0v) is 31.9. The summed E-state index contributed by atoms with van der Waals surface area (Å²) in [5.41, 5.74) is 14.1. The highest BCUT2D eigenvalue weighted by atomic mass is 32.1. The maximum atomic E-state index is 2.42. The molecule has 0 aliphatic carbocycles. The van der Waals surface area contributed by atoms with Crippen molar-refractivity contribution in [3.05, 3.63) is 218 Å². The largest absolute Gasteiger partial charge is 0.310 e. The molecule has 9 aromatic carbocycles. The third-order valence-corrected chi connectivity index (χ3v) is 12.3. The molecule has 0 unspecified atom stereocenters. The Labute approximate surface area is 335 Å². The standard InChI is InChI=1S/C54H36N2S/c1-3-15-37(16-4-1)44-21-7-8-22-45(44)38-29-31-41(32-30-38)55(43-33-34-49-48-24-10-12-28-52(48)57-53(49)36-43)42-20-13-17-39(35-42)46-25-14-26-50-47-23-9-11-27-51(47)56(54(46)50)40-18-5-2-6-19-40/h1-36H. The van der Waals surface area contributed by atoms with E-state index >= 15 is 0 Å². The number of fused-ring (bicyclic) bond motifs is 6. The van der Waals surface area contributed by atoms with Crippen molar-refractivity contribution in [1.82, 2.24) is 4.57 Å². The third-order valence-electron chi connectivity index (χ3n) is 11.2. The number of nitrogens with zero attached hydrogens (tertiary/aromatic N) is 2. The van der Waals surface area contributed by atoms with E-state index in [4.69, 9.17) is 0 Å². The van der Waals surface area contributed by atoms with Gasteiger partial charge in [0.2, 0.25) is 0 Å². The summed E-state index contributed by atoms with van der Waals surface area (Å²) in [4.78, 5) is 2.41. The maximum Gasteiger partial charge on any atom is 0.0619 e. The molecule has 0 radical (unpaired) electrons. The second-order valence-electron chi connectivity index (χ2n) is 14.5. The van der Waals surface area contributed by atoms with Crippen LogP contribution in [0.2, 0.25) is 0 Å². The average molecular weight is 745 g/mol. The second-order valence-corrected chi connectivity index (χ2v) is 15.6. The molecule has 0 spiro atoms. The third kappa shape index (κ3) is 5.71. The Morgan fingerprint density at radius 2 is 0.895 bits per heavy atom. The molecule has 2 nitrogen and oxygen atoms in total. The highest BCUT2D eigenvalue weighted by Crippen LogP contribution is 2.44. The van der Waals surface area contributed by atoms with Crippen LogP contribution in [0.4, 0.5) is 17.1 Å². The molecular weight excluding hydrogens is 709 g/mol. The van der Waals surface area contributed by atoms with Crippen LogP contribution in [0.3, 0.4) is 0 Å². The van der Waals surface area contributed by atoms with Crippen LogP contribution in [0.15, 0.2) is 218 Å². The van der Waals surface area contributed by atoms with Crippen LogP contribution in [0, 0.1) is 0 Å². The van der Waals surface area contributed by atoms with Gasteiger partial charge in [-0.2, -0.15) is 0 Å². The predicted molar refractivity (Wildman–Crippen MR) is 245 cm³/mol. The van der Waals surface area contributed by atoms with Crippen molar-refractivity contribution in [2.75, 3.05) is 4.90 Å². The number of para-hydroxylation sites is 3. The van der Waals surface area contributed by atoms with E-state index in [1.807, 2.05) is 11.3 Å². The van der Waals surface area contributed by atoms with Crippen molar-refractivity contribution >= 4 is 70.4 Å². The summed E-state index contributed by atoms with van der Waals surface area (Å²) in [5, 5.41) is 5.10. The molecule has 0 amide bonds. The zero-order chi connectivity index (χ0) is 37.7. The summed E-state index contributed by atoms with van der Waals surface area (Å²) in [7, 11) is 0. The quantitative estimate of drug-likeness (QED) is 0.158. The van der Waals surface area contributed by atoms with Crippen LogP contribution in [-0.4, -0.2) is 4.57 Å². The lowest BCUT2D eigenvalue weighted by Crippen LogP contribution is -2.10. The molecule has 268 valence electrons. The zero-order valence-electron chi connectivity index (χ0n) is 31.1. The average Bonchev–Trinajstić information content (AvgIpc) is 3.83. The molecule has 11 aromatic rings. The molecule has 0 aliphatic heterocycles. The van der Waals surface area contributed by atoms with Gasteiger partial charge in [0.15, 0.2) is 0 Å². The molecule has 11 rings (SSSR count). The molecule has 0 fully saturated rings. The lowest BCUT2D eigenvalue weighted by Gasteiger charge is -2.26. The Kier molecular flexibility index (Phi) is 8.04. The molecule has 2 aromatic heterocycles. The van der Waals surface area contributed by atoms with Gasteiger partial charge in [0.05, 0.1) is 11.0 Å². The Hall–Kier alpha value is -7.20. The predicted octanol–water partition coefficient (Wildman–Crippen LogP) is 15.6. The summed E-state index contributed by atoms with van der Waals surface area (Å²) >= 11 is 1.86. The molecule has 0 N–H and O–H groups in total. The lowest BCUT2D eigenvalue weighted by atomic mass is 9.94. The number of aromatic nitrogens is 1. The van der Waals surface area contributed by atoms with Crippen LogP contribution in [-0.2, 0) is 0 Å². The van der Waals surface area contributed by atoms with Crippen molar-refractivity contribution in [1.29, 1.82) is 0 Å². The Morgan fingerprint density at radius 3 is 1.70 bits per heavy atom. The Balaban J connectivity index is 1.09. The first kappa shape index (κ1) is 33.2. The Morgan fingerprint density at radius 1 is 0.333 bits per heavy atom. The van der Waals surface area contributed by atoms with E-state index in [1.54, 1.807) is 0 Å². The molecule has 3 heteroatoms. The van der Waals surface area contributed by atoms with Crippen LogP contribution >= 0.6 is 11.3 Å². The fourth-order valence-electron chi connectivity index (χ4n) is 8.60. The fraction of sp³-hybridized carbons (Fsp3) is 0. The van der Waals surface area contributed by atoms with Crippen LogP contribution in [0.1, 0.15) is 0 Å². The number of anilines is 3. The van der Waals surface area contributed by atoms with Crippen LogP contribution in [0.5, 0.6) is 0 Å². The van der Waals surface area contributed by atoms with Gasteiger partial charge in [0, 0.05) is 59.3 Å². The number of hydrogen-bond donors (Lipinski definition) is 0. The van der Waals surface area contributed by atoms with Gasteiger partial charge < -0.3 is 9.47 Å². The summed E-state index contributed by atoms with van der Waals surface area (Å²) in [5.74, 6) is 0. The molecule has 2 heterocycles. The summed E-state index contributed by atoms with van der Waals surface area (Å²) in [6.45, 7) is 0. The van der Waals surface area contributed by atoms with Crippen molar-refractivity contribution in [2.24, 2.45) is 0 Å². The monoisotopic (exact) mass is 744 g/mol. The van der Waals surface area contributed by atoms with Crippen molar-refractivity contribution in [3.63, 3.8) is 0 Å². The van der Waals surface area contributed by atoms with Crippen molar-refractivity contribution in [2.45, 2.75) is 0 Å². The summed E-state index contributed by atoms with van der Waals surface area (Å²) in [6, 6.07) is 79.4. The molecule has 0 saturated heterocycles. The van der Waals surface area contributed by atoms with Gasteiger partial charge in [-0.05, 0) is 88.5 Å². The molecule has 0 aliphatic rings. The van der Waals surface area contributed by atoms with E-state index < -0.39 is 0 Å². The van der Waals surface area contributed by atoms with Crippen molar-refractivity contribution in [3.8, 4) is 39.1 Å². The van der Waals surface area contributed by atoms with E-state index in [0.717, 1.165) is 22.7 Å². The number of hydrogen-bond acceptors (Lipinski definition) is 2. The number of benzene rings is 9. The lowest BCUT2D eigenvalue weighted by molar-refractivity contribution is 1.18. The highest BCUT2D eigenvalue weighted by Gasteiger charge is 2.19. The van der Waals surface area contributed by atoms with E-state index in [0.29, 0.717) is 0 Å². The normalized spacial score (nSPS) is 11.5. The first-order valence-corrected chi connectivity index (χ1v) is 20.2. The minimum absolute atomic E-state index is 1.10. The first-order chi connectivity index (χ1) is 28.3. The molecular formula is C54H36N2S. The van der Waals surface area contributed by atoms with Gasteiger partial charge in [-0.25, -0.2) is 0 Å².